The van der Waals surface area contributed by atoms with Crippen molar-refractivity contribution in [3.63, 3.8) is 0 Å². The van der Waals surface area contributed by atoms with Crippen LogP contribution >= 0.6 is 0 Å². The topological polar surface area (TPSA) is 46.5 Å². The zero-order valence-electron chi connectivity index (χ0n) is 6.75. The Balaban J connectivity index is 3.57. The molecular formula is C8H14O3. The average molecular weight is 158 g/mol. The first kappa shape index (κ1) is 10.3. The normalized spacial score (nSPS) is 12.5. The summed E-state index contributed by atoms with van der Waals surface area (Å²) in [6, 6.07) is 0. The van der Waals surface area contributed by atoms with Crippen molar-refractivity contribution in [3.05, 3.63) is 12.7 Å². The maximum Gasteiger partial charge on any atom is 0.132 e. The minimum atomic E-state index is -0.370. The van der Waals surface area contributed by atoms with Crippen LogP contribution in [0.1, 0.15) is 26.2 Å². The fourth-order valence-electron chi connectivity index (χ4n) is 0.816. The molecule has 1 N–H and O–H groups in total. The molecule has 0 saturated carbocycles. The second kappa shape index (κ2) is 6.07. The van der Waals surface area contributed by atoms with Gasteiger partial charge in [0.15, 0.2) is 0 Å². The van der Waals surface area contributed by atoms with Crippen molar-refractivity contribution in [2.75, 3.05) is 0 Å². The Morgan fingerprint density at radius 3 is 2.82 bits per heavy atom. The monoisotopic (exact) mass is 158 g/mol. The summed E-state index contributed by atoms with van der Waals surface area (Å²) in [5, 5.41) is 8.32. The molecule has 64 valence electrons. The lowest BCUT2D eigenvalue weighted by Crippen LogP contribution is -2.14. The van der Waals surface area contributed by atoms with Crippen LogP contribution in [0.25, 0.3) is 0 Å². The van der Waals surface area contributed by atoms with Crippen molar-refractivity contribution in [1.29, 1.82) is 0 Å². The second-order valence-corrected chi connectivity index (χ2v) is 2.50. The third kappa shape index (κ3) is 5.76. The van der Waals surface area contributed by atoms with E-state index in [2.05, 4.69) is 11.5 Å². The van der Waals surface area contributed by atoms with Crippen molar-refractivity contribution >= 4 is 5.78 Å². The zero-order valence-corrected chi connectivity index (χ0v) is 6.75. The van der Waals surface area contributed by atoms with Crippen LogP contribution in [0.3, 0.4) is 0 Å². The van der Waals surface area contributed by atoms with Gasteiger partial charge in [-0.15, -0.1) is 6.58 Å². The van der Waals surface area contributed by atoms with Crippen molar-refractivity contribution < 1.29 is 14.9 Å². The summed E-state index contributed by atoms with van der Waals surface area (Å²) < 4.78 is 0. The summed E-state index contributed by atoms with van der Waals surface area (Å²) in [4.78, 5) is 14.7. The van der Waals surface area contributed by atoms with Gasteiger partial charge in [0.1, 0.15) is 5.78 Å². The van der Waals surface area contributed by atoms with Crippen LogP contribution in [0, 0.1) is 0 Å². The van der Waals surface area contributed by atoms with Gasteiger partial charge in [-0.1, -0.05) is 6.08 Å². The van der Waals surface area contributed by atoms with E-state index in [1.165, 1.54) is 6.92 Å². The van der Waals surface area contributed by atoms with Crippen LogP contribution in [0.15, 0.2) is 12.7 Å². The molecule has 0 bridgehead atoms. The molecule has 0 aliphatic rings. The number of Topliss-reactive ketones (excluding diaryl/α,β-unsaturated/α-hetero) is 1. The van der Waals surface area contributed by atoms with E-state index in [0.717, 1.165) is 6.42 Å². The largest absolute Gasteiger partial charge is 0.300 e. The highest BCUT2D eigenvalue weighted by Crippen LogP contribution is 2.06. The third-order valence-corrected chi connectivity index (χ3v) is 1.36. The molecule has 0 radical (unpaired) electrons. The molecule has 0 fully saturated rings. The molecule has 0 unspecified atom stereocenters. The van der Waals surface area contributed by atoms with Crippen LogP contribution in [-0.4, -0.2) is 17.1 Å². The Bertz CT molecular complexity index is 131. The third-order valence-electron chi connectivity index (χ3n) is 1.36. The molecule has 0 aromatic rings. The lowest BCUT2D eigenvalue weighted by Gasteiger charge is -2.08. The second-order valence-electron chi connectivity index (χ2n) is 2.50. The number of allylic oxidation sites excluding steroid dienone is 1. The minimum Gasteiger partial charge on any atom is -0.300 e. The predicted molar refractivity (Wildman–Crippen MR) is 42.2 cm³/mol. The summed E-state index contributed by atoms with van der Waals surface area (Å²) >= 11 is 0. The number of ketones is 1. The maximum atomic E-state index is 10.6. The van der Waals surface area contributed by atoms with Crippen molar-refractivity contribution in [2.24, 2.45) is 0 Å². The quantitative estimate of drug-likeness (QED) is 0.364. The smallest absolute Gasteiger partial charge is 0.132 e. The number of carbonyl (C=O) groups excluding carboxylic acids is 1. The van der Waals surface area contributed by atoms with Gasteiger partial charge in [0, 0.05) is 6.42 Å². The van der Waals surface area contributed by atoms with Crippen molar-refractivity contribution in [3.8, 4) is 0 Å². The van der Waals surface area contributed by atoms with Crippen LogP contribution in [0.2, 0.25) is 0 Å². The molecule has 1 atom stereocenters. The van der Waals surface area contributed by atoms with E-state index in [9.17, 15) is 4.79 Å². The number of hydrogen-bond acceptors (Lipinski definition) is 3. The molecule has 0 saturated heterocycles. The summed E-state index contributed by atoms with van der Waals surface area (Å²) in [7, 11) is 0. The lowest BCUT2D eigenvalue weighted by molar-refractivity contribution is -0.279. The van der Waals surface area contributed by atoms with E-state index in [1.54, 1.807) is 6.08 Å². The molecule has 11 heavy (non-hydrogen) atoms. The van der Waals surface area contributed by atoms with Gasteiger partial charge in [-0.2, -0.15) is 0 Å². The van der Waals surface area contributed by atoms with Crippen LogP contribution < -0.4 is 0 Å². The Kier molecular flexibility index (Phi) is 5.70. The molecule has 0 heterocycles. The SMILES string of the molecule is C=CCC[C@H](CC(C)=O)OO. The van der Waals surface area contributed by atoms with Gasteiger partial charge < -0.3 is 0 Å². The molecule has 0 spiro atoms. The van der Waals surface area contributed by atoms with Gasteiger partial charge in [0.25, 0.3) is 0 Å². The molecule has 0 amide bonds. The summed E-state index contributed by atoms with van der Waals surface area (Å²) in [5.74, 6) is 0.0214. The van der Waals surface area contributed by atoms with Gasteiger partial charge >= 0.3 is 0 Å². The van der Waals surface area contributed by atoms with Gasteiger partial charge in [0.05, 0.1) is 6.10 Å². The highest BCUT2D eigenvalue weighted by atomic mass is 17.1. The van der Waals surface area contributed by atoms with E-state index >= 15 is 0 Å². The van der Waals surface area contributed by atoms with Gasteiger partial charge in [-0.05, 0) is 19.8 Å². The van der Waals surface area contributed by atoms with Gasteiger partial charge in [0.2, 0.25) is 0 Å². The summed E-state index contributed by atoms with van der Waals surface area (Å²) in [5.41, 5.74) is 0. The molecule has 0 aromatic carbocycles. The van der Waals surface area contributed by atoms with Crippen molar-refractivity contribution in [2.45, 2.75) is 32.3 Å². The molecule has 0 rings (SSSR count). The van der Waals surface area contributed by atoms with E-state index < -0.39 is 0 Å². The number of rotatable bonds is 6. The summed E-state index contributed by atoms with van der Waals surface area (Å²) in [6.45, 7) is 5.00. The molecule has 0 aliphatic carbocycles. The number of carbonyl (C=O) groups is 1. The fourth-order valence-corrected chi connectivity index (χ4v) is 0.816. The first-order valence-corrected chi connectivity index (χ1v) is 3.61. The molecular weight excluding hydrogens is 144 g/mol. The van der Waals surface area contributed by atoms with E-state index in [-0.39, 0.29) is 18.3 Å². The van der Waals surface area contributed by atoms with E-state index in [1.807, 2.05) is 0 Å². The molecule has 3 heteroatoms. The first-order chi connectivity index (χ1) is 5.20. The van der Waals surface area contributed by atoms with E-state index in [0.29, 0.717) is 6.42 Å². The Morgan fingerprint density at radius 2 is 2.45 bits per heavy atom. The summed E-state index contributed by atoms with van der Waals surface area (Å²) in [6.07, 6.45) is 3.01. The Labute approximate surface area is 66.6 Å². The number of hydrogen-bond donors (Lipinski definition) is 1. The molecule has 0 aliphatic heterocycles. The van der Waals surface area contributed by atoms with Crippen LogP contribution in [0.4, 0.5) is 0 Å². The minimum absolute atomic E-state index is 0.0214. The standard InChI is InChI=1S/C8H14O3/c1-3-4-5-8(11-10)6-7(2)9/h3,8,10H,1,4-6H2,2H3/t8-/m1/s1. The lowest BCUT2D eigenvalue weighted by atomic mass is 10.1. The van der Waals surface area contributed by atoms with Crippen LogP contribution in [0.5, 0.6) is 0 Å². The van der Waals surface area contributed by atoms with Crippen LogP contribution in [-0.2, 0) is 9.68 Å². The average Bonchev–Trinajstić information content (AvgIpc) is 1.97. The van der Waals surface area contributed by atoms with Gasteiger partial charge in [-0.25, -0.2) is 4.89 Å². The maximum absolute atomic E-state index is 10.6. The highest BCUT2D eigenvalue weighted by Gasteiger charge is 2.09. The molecule has 0 aromatic heterocycles. The molecule has 3 nitrogen and oxygen atoms in total. The van der Waals surface area contributed by atoms with Gasteiger partial charge in [-0.3, -0.25) is 10.1 Å². The van der Waals surface area contributed by atoms with E-state index in [4.69, 9.17) is 5.26 Å². The Hall–Kier alpha value is -0.670. The zero-order chi connectivity index (χ0) is 8.69. The van der Waals surface area contributed by atoms with Crippen molar-refractivity contribution in [1.82, 2.24) is 0 Å². The predicted octanol–water partition coefficient (Wildman–Crippen LogP) is 1.79. The Morgan fingerprint density at radius 1 is 1.82 bits per heavy atom. The first-order valence-electron chi connectivity index (χ1n) is 3.61. The fraction of sp³-hybridized carbons (Fsp3) is 0.625. The highest BCUT2D eigenvalue weighted by molar-refractivity contribution is 5.75.